The van der Waals surface area contributed by atoms with E-state index >= 15 is 0 Å². The summed E-state index contributed by atoms with van der Waals surface area (Å²) in [5, 5.41) is 1.54. The van der Waals surface area contributed by atoms with Gasteiger partial charge in [-0.3, -0.25) is 0 Å². The van der Waals surface area contributed by atoms with Gasteiger partial charge in [-0.25, -0.2) is 0 Å². The van der Waals surface area contributed by atoms with E-state index in [9.17, 15) is 0 Å². The summed E-state index contributed by atoms with van der Waals surface area (Å²) >= 11 is 8.25. The van der Waals surface area contributed by atoms with E-state index in [1.807, 2.05) is 0 Å². The molecule has 4 bridgehead atoms. The largest absolute Gasteiger partial charge is 0.377 e. The molecule has 2 aromatic carbocycles. The molecule has 4 aliphatic rings. The van der Waals surface area contributed by atoms with Crippen LogP contribution in [0, 0.1) is 23.7 Å². The van der Waals surface area contributed by atoms with Gasteiger partial charge in [0.25, 0.3) is 0 Å². The van der Waals surface area contributed by atoms with Crippen molar-refractivity contribution in [2.24, 2.45) is 23.7 Å². The van der Waals surface area contributed by atoms with Gasteiger partial charge in [0.15, 0.2) is 6.62 Å². The van der Waals surface area contributed by atoms with E-state index < -0.39 is 6.62 Å². The molecule has 4 aliphatic carbocycles. The average molecular weight is 453 g/mol. The lowest BCUT2D eigenvalue weighted by Gasteiger charge is -2.39. The first-order valence-electron chi connectivity index (χ1n) is 12.5. The molecule has 0 saturated heterocycles. The Hall–Kier alpha value is -1.04. The monoisotopic (exact) mass is 452 g/mol. The first kappa shape index (κ1) is 20.6. The molecule has 3 unspecified atom stereocenters. The van der Waals surface area contributed by atoms with Crippen molar-refractivity contribution in [1.82, 2.24) is 0 Å². The third-order valence-corrected chi connectivity index (χ3v) is 15.7. The number of hydrogen-bond acceptors (Lipinski definition) is 1. The van der Waals surface area contributed by atoms with Gasteiger partial charge >= 0.3 is 0 Å². The maximum atomic E-state index is 8.25. The van der Waals surface area contributed by atoms with Crippen molar-refractivity contribution < 1.29 is 0 Å². The van der Waals surface area contributed by atoms with Gasteiger partial charge < -0.3 is 4.90 Å². The van der Waals surface area contributed by atoms with Crippen LogP contribution in [0.4, 0.5) is 5.69 Å². The lowest BCUT2D eigenvalue weighted by molar-refractivity contribution is 0.461. The molecule has 0 spiro atoms. The Labute approximate surface area is 193 Å². The van der Waals surface area contributed by atoms with Crippen molar-refractivity contribution in [3.8, 4) is 11.1 Å². The summed E-state index contributed by atoms with van der Waals surface area (Å²) in [5.74, 6) is 3.67. The number of hydrogen-bond donors (Lipinski definition) is 0. The molecule has 2 aromatic rings. The fourth-order valence-electron chi connectivity index (χ4n) is 8.04. The van der Waals surface area contributed by atoms with E-state index in [-0.39, 0.29) is 0 Å². The van der Waals surface area contributed by atoms with Crippen LogP contribution in [0.15, 0.2) is 48.5 Å². The molecule has 1 nitrogen and oxygen atoms in total. The van der Waals surface area contributed by atoms with Crippen LogP contribution in [0.1, 0.15) is 51.4 Å². The second-order valence-electron chi connectivity index (χ2n) is 11.1. The number of benzene rings is 2. The highest BCUT2D eigenvalue weighted by atomic mass is 35.7. The third-order valence-electron chi connectivity index (χ3n) is 9.32. The molecule has 6 rings (SSSR count). The Bertz CT molecular complexity index is 943. The summed E-state index contributed by atoms with van der Waals surface area (Å²) < 4.78 is 0. The van der Waals surface area contributed by atoms with Crippen LogP contribution < -0.4 is 10.2 Å². The molecule has 0 radical (unpaired) electrons. The van der Waals surface area contributed by atoms with Crippen molar-refractivity contribution in [2.75, 3.05) is 19.0 Å². The first-order valence-corrected chi connectivity index (χ1v) is 15.3. The summed E-state index contributed by atoms with van der Waals surface area (Å²) in [6.45, 7) is -1.80. The summed E-state index contributed by atoms with van der Waals surface area (Å²) in [7, 11) is 4.33. The molecular formula is C28H36ClNP+. The highest BCUT2D eigenvalue weighted by Crippen LogP contribution is 2.81. The first-order chi connectivity index (χ1) is 15.1. The molecule has 4 saturated carbocycles. The Balaban J connectivity index is 1.52. The highest BCUT2D eigenvalue weighted by Gasteiger charge is 2.65. The number of halogens is 1. The van der Waals surface area contributed by atoms with Gasteiger partial charge in [0.05, 0.1) is 22.6 Å². The van der Waals surface area contributed by atoms with Crippen LogP contribution >= 0.6 is 17.9 Å². The van der Waals surface area contributed by atoms with Gasteiger partial charge in [-0.2, -0.15) is 0 Å². The molecule has 164 valence electrons. The van der Waals surface area contributed by atoms with Crippen LogP contribution in [0.3, 0.4) is 0 Å². The van der Waals surface area contributed by atoms with Gasteiger partial charge in [-0.1, -0.05) is 36.4 Å². The lowest BCUT2D eigenvalue weighted by atomic mass is 9.99. The van der Waals surface area contributed by atoms with E-state index in [1.54, 1.807) is 5.30 Å². The number of rotatable bonds is 5. The minimum absolute atomic E-state index is 0.755. The topological polar surface area (TPSA) is 3.24 Å². The maximum absolute atomic E-state index is 8.25. The average Bonchev–Trinajstić information content (AvgIpc) is 3.60. The van der Waals surface area contributed by atoms with Crippen LogP contribution in [-0.4, -0.2) is 25.4 Å². The van der Waals surface area contributed by atoms with Gasteiger partial charge in [0.2, 0.25) is 0 Å². The van der Waals surface area contributed by atoms with Crippen molar-refractivity contribution >= 4 is 28.8 Å². The molecule has 4 fully saturated rings. The maximum Gasteiger partial charge on any atom is 0.153 e. The normalized spacial score (nSPS) is 35.5. The van der Waals surface area contributed by atoms with E-state index in [1.165, 1.54) is 68.2 Å². The summed E-state index contributed by atoms with van der Waals surface area (Å²) in [5.41, 5.74) is 5.59. The molecule has 0 heterocycles. The fraction of sp³-hybridized carbons (Fsp3) is 0.571. The van der Waals surface area contributed by atoms with Crippen LogP contribution in [0.2, 0.25) is 0 Å². The molecule has 0 aliphatic heterocycles. The fourth-order valence-corrected chi connectivity index (χ4v) is 15.0. The highest BCUT2D eigenvalue weighted by molar-refractivity contribution is 8.05. The molecular weight excluding hydrogens is 417 g/mol. The van der Waals surface area contributed by atoms with Crippen molar-refractivity contribution in [3.63, 3.8) is 0 Å². The Morgan fingerprint density at radius 2 is 1.26 bits per heavy atom. The zero-order valence-corrected chi connectivity index (χ0v) is 20.7. The summed E-state index contributed by atoms with van der Waals surface area (Å²) in [4.78, 5) is 2.26. The van der Waals surface area contributed by atoms with E-state index in [4.69, 9.17) is 11.2 Å². The number of anilines is 1. The van der Waals surface area contributed by atoms with Crippen LogP contribution in [0.25, 0.3) is 11.1 Å². The van der Waals surface area contributed by atoms with Crippen LogP contribution in [-0.2, 0) is 0 Å². The minimum Gasteiger partial charge on any atom is -0.377 e. The Morgan fingerprint density at radius 3 is 1.77 bits per heavy atom. The standard InChI is InChI=1S/C28H36ClNP/c1-30(2)25-9-5-3-7-23(25)24-8-4-6-10-26(24)31(29,27-17-19-11-13-21(27)15-19)28-18-20-12-14-22(28)16-20/h3-10,19-22,27-28H,11-18H2,1-2H3/q+1/t19-,20+,21-,22+,27?,28?,31?. The SMILES string of the molecule is CN(C)c1ccccc1-c1ccccc1[P+](Cl)(C1C[C@@H]2CC[C@@H]1C2)C1C[C@H]2CC[C@H]1C2. The van der Waals surface area contributed by atoms with Crippen molar-refractivity contribution in [1.29, 1.82) is 0 Å². The number of fused-ring (bicyclic) bond motifs is 4. The summed E-state index contributed by atoms with van der Waals surface area (Å²) in [6, 6.07) is 18.3. The van der Waals surface area contributed by atoms with Gasteiger partial charge in [-0.15, -0.1) is 0 Å². The molecule has 0 N–H and O–H groups in total. The zero-order chi connectivity index (χ0) is 21.2. The van der Waals surface area contributed by atoms with Gasteiger partial charge in [-0.05, 0) is 87.2 Å². The van der Waals surface area contributed by atoms with Crippen molar-refractivity contribution in [3.05, 3.63) is 48.5 Å². The minimum atomic E-state index is -1.80. The predicted molar refractivity (Wildman–Crippen MR) is 137 cm³/mol. The lowest BCUT2D eigenvalue weighted by Crippen LogP contribution is -2.35. The smallest absolute Gasteiger partial charge is 0.153 e. The van der Waals surface area contributed by atoms with Crippen molar-refractivity contribution in [2.45, 2.75) is 62.7 Å². The Morgan fingerprint density at radius 1 is 0.710 bits per heavy atom. The zero-order valence-electron chi connectivity index (χ0n) is 19.0. The second-order valence-corrected chi connectivity index (χ2v) is 16.0. The molecule has 0 aromatic heterocycles. The quantitative estimate of drug-likeness (QED) is 0.422. The molecule has 7 atom stereocenters. The number of nitrogens with zero attached hydrogens (tertiary/aromatic N) is 1. The predicted octanol–water partition coefficient (Wildman–Crippen LogP) is 7.59. The van der Waals surface area contributed by atoms with E-state index in [0.717, 1.165) is 35.0 Å². The van der Waals surface area contributed by atoms with E-state index in [2.05, 4.69) is 67.5 Å². The van der Waals surface area contributed by atoms with Gasteiger partial charge in [0.1, 0.15) is 5.30 Å². The van der Waals surface area contributed by atoms with E-state index in [0.29, 0.717) is 0 Å². The molecule has 0 amide bonds. The number of para-hydroxylation sites is 1. The molecule has 31 heavy (non-hydrogen) atoms. The van der Waals surface area contributed by atoms with Gasteiger partial charge in [0, 0.05) is 30.9 Å². The molecule has 3 heteroatoms. The third kappa shape index (κ3) is 3.21. The van der Waals surface area contributed by atoms with Crippen LogP contribution in [0.5, 0.6) is 0 Å². The Kier molecular flexibility index (Phi) is 5.16. The summed E-state index contributed by atoms with van der Waals surface area (Å²) in [6.07, 6.45) is 11.5. The second kappa shape index (κ2) is 7.78.